The van der Waals surface area contributed by atoms with E-state index in [0.29, 0.717) is 24.0 Å². The minimum atomic E-state index is -0.953. The van der Waals surface area contributed by atoms with Gasteiger partial charge < -0.3 is 14.2 Å². The molecule has 0 amide bonds. The molecule has 4 rings (SSSR count). The third kappa shape index (κ3) is 5.75. The monoisotopic (exact) mass is 456 g/mol. The van der Waals surface area contributed by atoms with E-state index < -0.39 is 11.6 Å². The summed E-state index contributed by atoms with van der Waals surface area (Å²) in [6, 6.07) is 10.2. The minimum absolute atomic E-state index is 0.0644. The quantitative estimate of drug-likeness (QED) is 0.393. The minimum Gasteiger partial charge on any atom is -0.493 e. The fraction of sp³-hybridized carbons (Fsp3) is 0.500. The van der Waals surface area contributed by atoms with Crippen molar-refractivity contribution >= 4 is 0 Å². The topological polar surface area (TPSA) is 27.7 Å². The second kappa shape index (κ2) is 11.1. The van der Waals surface area contributed by atoms with Crippen molar-refractivity contribution in [1.82, 2.24) is 0 Å². The summed E-state index contributed by atoms with van der Waals surface area (Å²) in [5, 5.41) is 0. The van der Waals surface area contributed by atoms with Crippen LogP contribution in [0.2, 0.25) is 0 Å². The second-order valence-electron chi connectivity index (χ2n) is 9.23. The van der Waals surface area contributed by atoms with Crippen molar-refractivity contribution in [1.29, 1.82) is 0 Å². The van der Waals surface area contributed by atoms with E-state index in [4.69, 9.17) is 14.2 Å². The Kier molecular flexibility index (Phi) is 8.02. The molecule has 2 aromatic rings. The largest absolute Gasteiger partial charge is 0.493 e. The fourth-order valence-corrected chi connectivity index (χ4v) is 5.14. The normalized spacial score (nSPS) is 25.4. The molecule has 33 heavy (non-hydrogen) atoms. The van der Waals surface area contributed by atoms with Crippen molar-refractivity contribution in [2.75, 3.05) is 19.8 Å². The molecule has 0 spiro atoms. The van der Waals surface area contributed by atoms with Gasteiger partial charge in [-0.1, -0.05) is 18.2 Å². The number of halogens is 2. The summed E-state index contributed by atoms with van der Waals surface area (Å²) in [6.45, 7) is 7.42. The molecule has 2 atom stereocenters. The first-order chi connectivity index (χ1) is 16.1. The third-order valence-corrected chi connectivity index (χ3v) is 7.17. The van der Waals surface area contributed by atoms with Crippen LogP contribution in [0.15, 0.2) is 49.1 Å². The van der Waals surface area contributed by atoms with Gasteiger partial charge in [-0.25, -0.2) is 4.39 Å². The van der Waals surface area contributed by atoms with Crippen LogP contribution in [0.5, 0.6) is 11.5 Å². The smallest absolute Gasteiger partial charge is 0.201 e. The van der Waals surface area contributed by atoms with Crippen LogP contribution in [0.4, 0.5) is 8.78 Å². The molecule has 1 heterocycles. The SMILES string of the molecule is C=CC1CCC(C2CCC(COc3ccc(-c4ccc(OCC)c(F)c4F)cc3)CC2)CO1. The van der Waals surface area contributed by atoms with Gasteiger partial charge in [-0.05, 0) is 93.0 Å². The highest BCUT2D eigenvalue weighted by Gasteiger charge is 2.31. The summed E-state index contributed by atoms with van der Waals surface area (Å²) < 4.78 is 45.7. The third-order valence-electron chi connectivity index (χ3n) is 7.17. The van der Waals surface area contributed by atoms with E-state index in [0.717, 1.165) is 24.7 Å². The second-order valence-corrected chi connectivity index (χ2v) is 9.23. The molecule has 3 nitrogen and oxygen atoms in total. The maximum Gasteiger partial charge on any atom is 0.201 e. The van der Waals surface area contributed by atoms with Crippen LogP contribution in [0.1, 0.15) is 45.4 Å². The molecule has 178 valence electrons. The van der Waals surface area contributed by atoms with E-state index in [2.05, 4.69) is 6.58 Å². The van der Waals surface area contributed by atoms with Crippen LogP contribution >= 0.6 is 0 Å². The Morgan fingerprint density at radius 1 is 0.909 bits per heavy atom. The van der Waals surface area contributed by atoms with Crippen molar-refractivity contribution in [3.63, 3.8) is 0 Å². The molecule has 2 aliphatic rings. The number of hydrogen-bond donors (Lipinski definition) is 0. The van der Waals surface area contributed by atoms with E-state index >= 15 is 0 Å². The summed E-state index contributed by atoms with van der Waals surface area (Å²) in [4.78, 5) is 0. The van der Waals surface area contributed by atoms with Gasteiger partial charge in [-0.2, -0.15) is 4.39 Å². The molecule has 1 aliphatic heterocycles. The van der Waals surface area contributed by atoms with Crippen LogP contribution in [0.25, 0.3) is 11.1 Å². The maximum absolute atomic E-state index is 14.5. The van der Waals surface area contributed by atoms with Gasteiger partial charge in [-0.15, -0.1) is 6.58 Å². The predicted octanol–water partition coefficient (Wildman–Crippen LogP) is 7.20. The first kappa shape index (κ1) is 23.7. The Labute approximate surface area is 195 Å². The Morgan fingerprint density at radius 3 is 2.27 bits per heavy atom. The van der Waals surface area contributed by atoms with Gasteiger partial charge in [0.05, 0.1) is 25.9 Å². The Bertz CT molecular complexity index is 911. The Balaban J connectivity index is 1.26. The number of hydrogen-bond acceptors (Lipinski definition) is 3. The summed E-state index contributed by atoms with van der Waals surface area (Å²) >= 11 is 0. The van der Waals surface area contributed by atoms with Crippen molar-refractivity contribution in [3.8, 4) is 22.6 Å². The lowest BCUT2D eigenvalue weighted by Crippen LogP contribution is -2.32. The molecular weight excluding hydrogens is 422 g/mol. The lowest BCUT2D eigenvalue weighted by Gasteiger charge is -2.37. The molecule has 0 radical (unpaired) electrons. The van der Waals surface area contributed by atoms with Crippen molar-refractivity contribution in [2.24, 2.45) is 17.8 Å². The highest BCUT2D eigenvalue weighted by atomic mass is 19.2. The molecule has 1 saturated carbocycles. The average Bonchev–Trinajstić information content (AvgIpc) is 2.87. The van der Waals surface area contributed by atoms with Gasteiger partial charge in [0, 0.05) is 5.56 Å². The van der Waals surface area contributed by atoms with E-state index in [1.165, 1.54) is 38.2 Å². The van der Waals surface area contributed by atoms with Gasteiger partial charge in [0.25, 0.3) is 0 Å². The lowest BCUT2D eigenvalue weighted by molar-refractivity contribution is -0.0175. The molecule has 0 N–H and O–H groups in total. The van der Waals surface area contributed by atoms with Crippen LogP contribution in [-0.2, 0) is 4.74 Å². The number of ether oxygens (including phenoxy) is 3. The van der Waals surface area contributed by atoms with Gasteiger partial charge in [-0.3, -0.25) is 0 Å². The highest BCUT2D eigenvalue weighted by Crippen LogP contribution is 2.38. The van der Waals surface area contributed by atoms with Crippen LogP contribution < -0.4 is 9.47 Å². The average molecular weight is 457 g/mol. The van der Waals surface area contributed by atoms with E-state index in [9.17, 15) is 8.78 Å². The van der Waals surface area contributed by atoms with Crippen LogP contribution in [0, 0.1) is 29.4 Å². The molecule has 5 heteroatoms. The van der Waals surface area contributed by atoms with Crippen molar-refractivity contribution < 1.29 is 23.0 Å². The van der Waals surface area contributed by atoms with Crippen molar-refractivity contribution in [2.45, 2.75) is 51.6 Å². The summed E-state index contributed by atoms with van der Waals surface area (Å²) in [5.74, 6) is 0.845. The number of benzene rings is 2. The van der Waals surface area contributed by atoms with Gasteiger partial charge >= 0.3 is 0 Å². The zero-order valence-corrected chi connectivity index (χ0v) is 19.4. The molecule has 0 aromatic heterocycles. The molecular formula is C28H34F2O3. The van der Waals surface area contributed by atoms with E-state index in [1.54, 1.807) is 25.1 Å². The molecule has 2 unspecified atom stereocenters. The fourth-order valence-electron chi connectivity index (χ4n) is 5.14. The Hall–Kier alpha value is -2.40. The Morgan fingerprint density at radius 2 is 1.64 bits per heavy atom. The zero-order chi connectivity index (χ0) is 23.2. The maximum atomic E-state index is 14.5. The van der Waals surface area contributed by atoms with E-state index in [-0.39, 0.29) is 24.0 Å². The first-order valence-electron chi connectivity index (χ1n) is 12.2. The molecule has 2 fully saturated rings. The molecule has 1 saturated heterocycles. The zero-order valence-electron chi connectivity index (χ0n) is 19.4. The van der Waals surface area contributed by atoms with Crippen LogP contribution in [-0.4, -0.2) is 25.9 Å². The highest BCUT2D eigenvalue weighted by molar-refractivity contribution is 5.66. The molecule has 2 aromatic carbocycles. The van der Waals surface area contributed by atoms with Gasteiger partial charge in [0.1, 0.15) is 5.75 Å². The number of rotatable bonds is 8. The summed E-state index contributed by atoms with van der Waals surface area (Å²) in [7, 11) is 0. The van der Waals surface area contributed by atoms with Gasteiger partial charge in [0.2, 0.25) is 5.82 Å². The first-order valence-corrected chi connectivity index (χ1v) is 12.2. The molecule has 0 bridgehead atoms. The van der Waals surface area contributed by atoms with Crippen LogP contribution in [0.3, 0.4) is 0 Å². The lowest BCUT2D eigenvalue weighted by atomic mass is 9.74. The summed E-state index contributed by atoms with van der Waals surface area (Å²) in [5.41, 5.74) is 0.822. The summed E-state index contributed by atoms with van der Waals surface area (Å²) in [6.07, 6.45) is 9.34. The van der Waals surface area contributed by atoms with Gasteiger partial charge in [0.15, 0.2) is 11.6 Å². The predicted molar refractivity (Wildman–Crippen MR) is 127 cm³/mol. The van der Waals surface area contributed by atoms with Crippen molar-refractivity contribution in [3.05, 3.63) is 60.7 Å². The molecule has 1 aliphatic carbocycles. The van der Waals surface area contributed by atoms with E-state index in [1.807, 2.05) is 18.2 Å². The standard InChI is InChI=1S/C28H34F2O3/c1-3-23-12-11-22(18-33-23)20-7-5-19(6-8-20)17-32-24-13-9-21(10-14-24)25-15-16-26(31-4-2)28(30)27(25)29/h3,9-10,13-16,19-20,22-23H,1,4-8,11-12,17-18H2,2H3.